The van der Waals surface area contributed by atoms with Crippen molar-refractivity contribution in [2.45, 2.75) is 25.9 Å². The van der Waals surface area contributed by atoms with Crippen LogP contribution >= 0.6 is 0 Å². The quantitative estimate of drug-likeness (QED) is 0.386. The topological polar surface area (TPSA) is 75.7 Å². The Balaban J connectivity index is 1.31. The maximum atomic E-state index is 9.55. The molecule has 0 spiro atoms. The van der Waals surface area contributed by atoms with Gasteiger partial charge in [0.05, 0.1) is 30.1 Å². The van der Waals surface area contributed by atoms with E-state index in [0.29, 0.717) is 17.9 Å². The van der Waals surface area contributed by atoms with Crippen LogP contribution in [0.15, 0.2) is 61.1 Å². The number of anilines is 1. The van der Waals surface area contributed by atoms with Crippen molar-refractivity contribution in [3.8, 4) is 41.0 Å². The fraction of sp³-hybridized carbons (Fsp3) is 0.250. The first kappa shape index (κ1) is 22.3. The molecule has 5 rings (SSSR count). The van der Waals surface area contributed by atoms with Gasteiger partial charge in [0.15, 0.2) is 0 Å². The second kappa shape index (κ2) is 9.79. The van der Waals surface area contributed by atoms with Crippen molar-refractivity contribution >= 4 is 11.3 Å². The van der Waals surface area contributed by atoms with Gasteiger partial charge in [0.1, 0.15) is 29.5 Å². The lowest BCUT2D eigenvalue weighted by Gasteiger charge is -2.33. The first-order valence-corrected chi connectivity index (χ1v) is 11.7. The Kier molecular flexibility index (Phi) is 6.24. The first-order valence-electron chi connectivity index (χ1n) is 11.7. The molecule has 1 aliphatic rings. The summed E-state index contributed by atoms with van der Waals surface area (Å²) < 4.78 is 13.6. The number of terminal acetylenes is 1. The monoisotopic (exact) mass is 463 g/mol. The number of hydrogen-bond donors (Lipinski definition) is 0. The van der Waals surface area contributed by atoms with Gasteiger partial charge in [0.25, 0.3) is 0 Å². The minimum atomic E-state index is 0.152. The summed E-state index contributed by atoms with van der Waals surface area (Å²) in [6.45, 7) is 4.20. The van der Waals surface area contributed by atoms with Crippen molar-refractivity contribution in [3.05, 3.63) is 72.2 Å². The molecule has 1 aliphatic heterocycles. The van der Waals surface area contributed by atoms with Gasteiger partial charge in [-0.15, -0.1) is 6.42 Å². The Hall–Kier alpha value is -4.49. The van der Waals surface area contributed by atoms with E-state index in [4.69, 9.17) is 20.9 Å². The van der Waals surface area contributed by atoms with Gasteiger partial charge in [-0.1, -0.05) is 12.0 Å². The fourth-order valence-corrected chi connectivity index (χ4v) is 4.43. The van der Waals surface area contributed by atoms with E-state index >= 15 is 0 Å². The smallest absolute Gasteiger partial charge is 0.138 e. The molecule has 0 amide bonds. The van der Waals surface area contributed by atoms with E-state index in [1.165, 1.54) is 0 Å². The zero-order valence-corrected chi connectivity index (χ0v) is 19.5. The van der Waals surface area contributed by atoms with E-state index < -0.39 is 0 Å². The van der Waals surface area contributed by atoms with E-state index in [0.717, 1.165) is 59.7 Å². The maximum Gasteiger partial charge on any atom is 0.138 e. The molecule has 0 saturated carbocycles. The number of fused-ring (bicyclic) bond motifs is 1. The summed E-state index contributed by atoms with van der Waals surface area (Å²) in [6.07, 6.45) is 12.7. The largest absolute Gasteiger partial charge is 0.492 e. The number of nitrogens with zero attached hydrogens (tertiary/aromatic N) is 5. The highest BCUT2D eigenvalue weighted by Gasteiger charge is 2.22. The van der Waals surface area contributed by atoms with Gasteiger partial charge in [-0.2, -0.15) is 10.4 Å². The lowest BCUT2D eigenvalue weighted by Crippen LogP contribution is -2.38. The zero-order valence-electron chi connectivity index (χ0n) is 19.5. The summed E-state index contributed by atoms with van der Waals surface area (Å²) in [4.78, 5) is 7.01. The van der Waals surface area contributed by atoms with Crippen LogP contribution in [0.25, 0.3) is 16.6 Å². The Morgan fingerprint density at radius 1 is 1.11 bits per heavy atom. The Bertz CT molecular complexity index is 1420. The molecule has 4 aromatic rings. The predicted octanol–water partition coefficient (Wildman–Crippen LogP) is 4.70. The minimum absolute atomic E-state index is 0.152. The first-order chi connectivity index (χ1) is 17.2. The summed E-state index contributed by atoms with van der Waals surface area (Å²) in [6, 6.07) is 15.9. The summed E-state index contributed by atoms with van der Waals surface area (Å²) in [5.74, 6) is 5.09. The Labute approximate surface area is 204 Å². The molecule has 0 N–H and O–H groups in total. The second-order valence-corrected chi connectivity index (χ2v) is 8.37. The molecule has 3 aromatic heterocycles. The van der Waals surface area contributed by atoms with Crippen molar-refractivity contribution in [1.29, 1.82) is 5.26 Å². The van der Waals surface area contributed by atoms with Gasteiger partial charge in [-0.3, -0.25) is 0 Å². The number of nitriles is 1. The van der Waals surface area contributed by atoms with Crippen LogP contribution in [-0.4, -0.2) is 40.4 Å². The van der Waals surface area contributed by atoms with Crippen molar-refractivity contribution in [2.24, 2.45) is 0 Å². The number of pyridine rings is 2. The van der Waals surface area contributed by atoms with Crippen molar-refractivity contribution < 1.29 is 9.47 Å². The summed E-state index contributed by atoms with van der Waals surface area (Å²) in [7, 11) is 0. The highest BCUT2D eigenvalue weighted by molar-refractivity contribution is 5.85. The van der Waals surface area contributed by atoms with Crippen molar-refractivity contribution in [3.63, 3.8) is 0 Å². The highest BCUT2D eigenvalue weighted by atomic mass is 16.5. The van der Waals surface area contributed by atoms with Gasteiger partial charge in [-0.05, 0) is 43.3 Å². The molecule has 0 bridgehead atoms. The van der Waals surface area contributed by atoms with Crippen LogP contribution in [0.2, 0.25) is 0 Å². The molecule has 174 valence electrons. The van der Waals surface area contributed by atoms with E-state index in [-0.39, 0.29) is 6.10 Å². The third kappa shape index (κ3) is 4.62. The van der Waals surface area contributed by atoms with Gasteiger partial charge in [0, 0.05) is 48.8 Å². The van der Waals surface area contributed by atoms with Crippen LogP contribution in [0.5, 0.6) is 11.5 Å². The molecule has 1 saturated heterocycles. The molecule has 1 fully saturated rings. The second-order valence-electron chi connectivity index (χ2n) is 8.37. The van der Waals surface area contributed by atoms with Gasteiger partial charge >= 0.3 is 0 Å². The average Bonchev–Trinajstić information content (AvgIpc) is 3.32. The standard InChI is InChI=1S/C28H25N5O2/c1-3-20-6-5-7-24(14-20)35-23-10-12-32(13-11-23)27-9-8-21(17-30-27)26-15-25(34-4-2)19-33-28(26)22(16-29)18-31-33/h1,5-9,14-15,17-19,23H,4,10-13H2,2H3. The number of aromatic nitrogens is 3. The summed E-state index contributed by atoms with van der Waals surface area (Å²) in [5, 5.41) is 13.9. The molecule has 7 heteroatoms. The van der Waals surface area contributed by atoms with E-state index in [2.05, 4.69) is 22.0 Å². The zero-order chi connectivity index (χ0) is 24.2. The van der Waals surface area contributed by atoms with Gasteiger partial charge < -0.3 is 14.4 Å². The molecule has 0 unspecified atom stereocenters. The van der Waals surface area contributed by atoms with Crippen molar-refractivity contribution in [2.75, 3.05) is 24.6 Å². The van der Waals surface area contributed by atoms with Crippen LogP contribution in [0.4, 0.5) is 5.82 Å². The van der Waals surface area contributed by atoms with Crippen LogP contribution in [0, 0.1) is 23.7 Å². The molecule has 0 radical (unpaired) electrons. The maximum absolute atomic E-state index is 9.55. The molecular formula is C28H25N5O2. The van der Waals surface area contributed by atoms with Crippen LogP contribution in [-0.2, 0) is 0 Å². The Morgan fingerprint density at radius 3 is 2.69 bits per heavy atom. The summed E-state index contributed by atoms with van der Waals surface area (Å²) in [5.41, 5.74) is 3.86. The molecule has 0 aliphatic carbocycles. The summed E-state index contributed by atoms with van der Waals surface area (Å²) >= 11 is 0. The van der Waals surface area contributed by atoms with Crippen LogP contribution in [0.3, 0.4) is 0 Å². The van der Waals surface area contributed by atoms with Gasteiger partial charge in [0.2, 0.25) is 0 Å². The van der Waals surface area contributed by atoms with E-state index in [1.807, 2.05) is 55.6 Å². The van der Waals surface area contributed by atoms with Crippen LogP contribution in [0.1, 0.15) is 30.9 Å². The molecule has 4 heterocycles. The number of benzene rings is 1. The predicted molar refractivity (Wildman–Crippen MR) is 135 cm³/mol. The number of piperidine rings is 1. The molecular weight excluding hydrogens is 438 g/mol. The number of hydrogen-bond acceptors (Lipinski definition) is 6. The lowest BCUT2D eigenvalue weighted by atomic mass is 10.0. The SMILES string of the molecule is C#Cc1cccc(OC2CCN(c3ccc(-c4cc(OCC)cn5ncc(C#N)c45)cn3)CC2)c1. The van der Waals surface area contributed by atoms with E-state index in [1.54, 1.807) is 16.9 Å². The minimum Gasteiger partial charge on any atom is -0.492 e. The van der Waals surface area contributed by atoms with Crippen molar-refractivity contribution in [1.82, 2.24) is 14.6 Å². The molecule has 7 nitrogen and oxygen atoms in total. The molecule has 1 aromatic carbocycles. The van der Waals surface area contributed by atoms with Crippen LogP contribution < -0.4 is 14.4 Å². The fourth-order valence-electron chi connectivity index (χ4n) is 4.43. The Morgan fingerprint density at radius 2 is 1.97 bits per heavy atom. The van der Waals surface area contributed by atoms with E-state index in [9.17, 15) is 5.26 Å². The lowest BCUT2D eigenvalue weighted by molar-refractivity contribution is 0.170. The molecule has 35 heavy (non-hydrogen) atoms. The normalized spacial score (nSPS) is 13.9. The molecule has 0 atom stereocenters. The average molecular weight is 464 g/mol. The van der Waals surface area contributed by atoms with Gasteiger partial charge in [-0.25, -0.2) is 9.50 Å². The highest BCUT2D eigenvalue weighted by Crippen LogP contribution is 2.32. The third-order valence-corrected chi connectivity index (χ3v) is 6.15. The third-order valence-electron chi connectivity index (χ3n) is 6.15. The number of rotatable bonds is 6. The number of ether oxygens (including phenoxy) is 2.